The van der Waals surface area contributed by atoms with E-state index in [2.05, 4.69) is 38.1 Å². The van der Waals surface area contributed by atoms with Crippen molar-refractivity contribution in [3.63, 3.8) is 0 Å². The van der Waals surface area contributed by atoms with E-state index in [0.29, 0.717) is 17.8 Å². The van der Waals surface area contributed by atoms with E-state index in [1.54, 1.807) is 29.7 Å². The predicted molar refractivity (Wildman–Crippen MR) is 88.2 cm³/mol. The van der Waals surface area contributed by atoms with Crippen LogP contribution in [0.4, 0.5) is 0 Å². The highest BCUT2D eigenvalue weighted by molar-refractivity contribution is 9.11. The number of hydrogen-bond acceptors (Lipinski definition) is 4. The van der Waals surface area contributed by atoms with Gasteiger partial charge in [0, 0.05) is 17.6 Å². The fourth-order valence-corrected chi connectivity index (χ4v) is 3.19. The monoisotopic (exact) mass is 363 g/mol. The van der Waals surface area contributed by atoms with Crippen molar-refractivity contribution in [2.45, 2.75) is 6.42 Å². The van der Waals surface area contributed by atoms with E-state index >= 15 is 0 Å². The van der Waals surface area contributed by atoms with Crippen molar-refractivity contribution < 1.29 is 4.79 Å². The second-order valence-corrected chi connectivity index (χ2v) is 6.66. The van der Waals surface area contributed by atoms with Gasteiger partial charge in [0.2, 0.25) is 0 Å². The summed E-state index contributed by atoms with van der Waals surface area (Å²) in [5.74, 6) is 5.39. The second-order valence-electron chi connectivity index (χ2n) is 4.12. The van der Waals surface area contributed by atoms with Gasteiger partial charge in [-0.2, -0.15) is 0 Å². The van der Waals surface area contributed by atoms with Crippen molar-refractivity contribution in [1.82, 2.24) is 10.3 Å². The molecule has 2 aromatic rings. The number of carbonyl (C=O) groups excluding carboxylic acids is 1. The Hall–Kier alpha value is -1.68. The molecule has 0 saturated carbocycles. The van der Waals surface area contributed by atoms with Crippen LogP contribution in [0.3, 0.4) is 0 Å². The van der Waals surface area contributed by atoms with Gasteiger partial charge in [0.05, 0.1) is 15.9 Å². The molecule has 0 atom stereocenters. The molecule has 108 valence electrons. The molecule has 1 amide bonds. The van der Waals surface area contributed by atoms with Crippen LogP contribution in [0.25, 0.3) is 0 Å². The van der Waals surface area contributed by atoms with Gasteiger partial charge < -0.3 is 11.1 Å². The maximum atomic E-state index is 12.1. The van der Waals surface area contributed by atoms with Crippen LogP contribution in [0.5, 0.6) is 0 Å². The fourth-order valence-electron chi connectivity index (χ4n) is 1.70. The number of thiophene rings is 1. The number of nitrogens with one attached hydrogen (secondary N) is 1. The zero-order valence-corrected chi connectivity index (χ0v) is 13.6. The second kappa shape index (κ2) is 7.93. The molecule has 2 rings (SSSR count). The summed E-state index contributed by atoms with van der Waals surface area (Å²) in [6.45, 7) is 0.815. The molecule has 0 aromatic carbocycles. The number of hydrogen-bond donors (Lipinski definition) is 2. The molecule has 6 heteroatoms. The SMILES string of the molecule is NCC#Cc1cccnc1C(=O)NCCc1ccc(Br)s1. The quantitative estimate of drug-likeness (QED) is 0.818. The minimum absolute atomic E-state index is 0.215. The van der Waals surface area contributed by atoms with Crippen LogP contribution < -0.4 is 11.1 Å². The molecule has 0 bridgehead atoms. The van der Waals surface area contributed by atoms with Gasteiger partial charge in [-0.15, -0.1) is 11.3 Å². The topological polar surface area (TPSA) is 68.0 Å². The highest BCUT2D eigenvalue weighted by Crippen LogP contribution is 2.22. The van der Waals surface area contributed by atoms with Gasteiger partial charge in [-0.25, -0.2) is 4.98 Å². The molecule has 0 unspecified atom stereocenters. The Balaban J connectivity index is 1.97. The Morgan fingerprint density at radius 2 is 2.29 bits per heavy atom. The number of amides is 1. The molecule has 0 aliphatic carbocycles. The van der Waals surface area contributed by atoms with Crippen LogP contribution in [0.15, 0.2) is 34.2 Å². The van der Waals surface area contributed by atoms with Crippen LogP contribution in [0.2, 0.25) is 0 Å². The summed E-state index contributed by atoms with van der Waals surface area (Å²) in [6, 6.07) is 7.56. The molecular formula is C15H14BrN3OS. The Labute approximate surface area is 135 Å². The maximum absolute atomic E-state index is 12.1. The molecule has 0 radical (unpaired) electrons. The highest BCUT2D eigenvalue weighted by atomic mass is 79.9. The van der Waals surface area contributed by atoms with Gasteiger partial charge in [0.1, 0.15) is 5.69 Å². The third-order valence-electron chi connectivity index (χ3n) is 2.63. The number of pyridine rings is 1. The Bertz CT molecular complexity index is 687. The summed E-state index contributed by atoms with van der Waals surface area (Å²) in [4.78, 5) is 17.5. The lowest BCUT2D eigenvalue weighted by atomic mass is 10.2. The number of carbonyl (C=O) groups is 1. The van der Waals surface area contributed by atoms with Crippen molar-refractivity contribution in [3.8, 4) is 11.8 Å². The molecule has 2 aromatic heterocycles. The lowest BCUT2D eigenvalue weighted by Gasteiger charge is -2.05. The Morgan fingerprint density at radius 3 is 3.00 bits per heavy atom. The first-order valence-electron chi connectivity index (χ1n) is 6.37. The standard InChI is InChI=1S/C15H14BrN3OS/c16-13-6-5-12(21-13)7-10-19-15(20)14-11(3-1-8-17)4-2-9-18-14/h2,4-6,9H,7-8,10,17H2,(H,19,20). The number of nitrogens with two attached hydrogens (primary N) is 1. The van der Waals surface area contributed by atoms with Crippen LogP contribution in [-0.4, -0.2) is 24.0 Å². The summed E-state index contributed by atoms with van der Waals surface area (Å²) in [5.41, 5.74) is 6.29. The molecule has 0 fully saturated rings. The average molecular weight is 364 g/mol. The predicted octanol–water partition coefficient (Wildman–Crippen LogP) is 2.19. The van der Waals surface area contributed by atoms with Crippen molar-refractivity contribution >= 4 is 33.2 Å². The van der Waals surface area contributed by atoms with Crippen molar-refractivity contribution in [3.05, 3.63) is 50.4 Å². The average Bonchev–Trinajstić information content (AvgIpc) is 2.91. The van der Waals surface area contributed by atoms with E-state index in [1.807, 2.05) is 12.1 Å². The Kier molecular flexibility index (Phi) is 5.93. The molecule has 0 aliphatic rings. The van der Waals surface area contributed by atoms with E-state index in [-0.39, 0.29) is 12.5 Å². The third kappa shape index (κ3) is 4.67. The molecular weight excluding hydrogens is 350 g/mol. The van der Waals surface area contributed by atoms with Gasteiger partial charge in [-0.1, -0.05) is 11.8 Å². The van der Waals surface area contributed by atoms with Gasteiger partial charge in [0.25, 0.3) is 5.91 Å². The zero-order chi connectivity index (χ0) is 15.1. The normalized spacial score (nSPS) is 9.81. The first kappa shape index (κ1) is 15.7. The maximum Gasteiger partial charge on any atom is 0.271 e. The molecule has 0 saturated heterocycles. The molecule has 3 N–H and O–H groups in total. The number of halogens is 1. The molecule has 21 heavy (non-hydrogen) atoms. The number of aromatic nitrogens is 1. The van der Waals surface area contributed by atoms with Crippen LogP contribution in [0.1, 0.15) is 20.9 Å². The van der Waals surface area contributed by atoms with Crippen LogP contribution in [0, 0.1) is 11.8 Å². The highest BCUT2D eigenvalue weighted by Gasteiger charge is 2.11. The molecule has 0 aliphatic heterocycles. The minimum Gasteiger partial charge on any atom is -0.350 e. The Morgan fingerprint density at radius 1 is 1.43 bits per heavy atom. The van der Waals surface area contributed by atoms with Gasteiger partial charge in [-0.05, 0) is 46.6 Å². The summed E-state index contributed by atoms with van der Waals surface area (Å²) >= 11 is 5.08. The molecule has 0 spiro atoms. The molecule has 4 nitrogen and oxygen atoms in total. The first-order valence-corrected chi connectivity index (χ1v) is 7.98. The van der Waals surface area contributed by atoms with Crippen molar-refractivity contribution in [2.24, 2.45) is 5.73 Å². The summed E-state index contributed by atoms with van der Waals surface area (Å²) in [5, 5.41) is 2.86. The lowest BCUT2D eigenvalue weighted by Crippen LogP contribution is -2.27. The summed E-state index contributed by atoms with van der Waals surface area (Å²) in [6.07, 6.45) is 2.37. The minimum atomic E-state index is -0.215. The largest absolute Gasteiger partial charge is 0.350 e. The van der Waals surface area contributed by atoms with E-state index < -0.39 is 0 Å². The summed E-state index contributed by atoms with van der Waals surface area (Å²) in [7, 11) is 0. The fraction of sp³-hybridized carbons (Fsp3) is 0.200. The van der Waals surface area contributed by atoms with E-state index in [0.717, 1.165) is 10.2 Å². The van der Waals surface area contributed by atoms with Gasteiger partial charge >= 0.3 is 0 Å². The van der Waals surface area contributed by atoms with Crippen molar-refractivity contribution in [2.75, 3.05) is 13.1 Å². The summed E-state index contributed by atoms with van der Waals surface area (Å²) < 4.78 is 1.09. The molecule has 2 heterocycles. The number of rotatable bonds is 4. The van der Waals surface area contributed by atoms with E-state index in [1.165, 1.54) is 4.88 Å². The van der Waals surface area contributed by atoms with Crippen molar-refractivity contribution in [1.29, 1.82) is 0 Å². The van der Waals surface area contributed by atoms with Gasteiger partial charge in [-0.3, -0.25) is 4.79 Å². The smallest absolute Gasteiger partial charge is 0.271 e. The van der Waals surface area contributed by atoms with Crippen LogP contribution >= 0.6 is 27.3 Å². The lowest BCUT2D eigenvalue weighted by molar-refractivity contribution is 0.0949. The zero-order valence-electron chi connectivity index (χ0n) is 11.2. The van der Waals surface area contributed by atoms with Crippen LogP contribution in [-0.2, 0) is 6.42 Å². The third-order valence-corrected chi connectivity index (χ3v) is 4.32. The van der Waals surface area contributed by atoms with E-state index in [9.17, 15) is 4.79 Å². The number of nitrogens with zero attached hydrogens (tertiary/aromatic N) is 1. The van der Waals surface area contributed by atoms with Gasteiger partial charge in [0.15, 0.2) is 0 Å². The van der Waals surface area contributed by atoms with E-state index in [4.69, 9.17) is 5.73 Å². The first-order chi connectivity index (χ1) is 10.2.